The molecule has 0 bridgehead atoms. The monoisotopic (exact) mass is 520 g/mol. The van der Waals surface area contributed by atoms with Crippen molar-refractivity contribution in [3.63, 3.8) is 0 Å². The lowest BCUT2D eigenvalue weighted by atomic mass is 9.98. The predicted molar refractivity (Wildman–Crippen MR) is 132 cm³/mol. The first-order valence-electron chi connectivity index (χ1n) is 11.9. The van der Waals surface area contributed by atoms with E-state index in [4.69, 9.17) is 13.3 Å². The van der Waals surface area contributed by atoms with Gasteiger partial charge in [-0.25, -0.2) is 9.18 Å². The molecule has 2 heterocycles. The van der Waals surface area contributed by atoms with Gasteiger partial charge in [0, 0.05) is 12.3 Å². The van der Waals surface area contributed by atoms with Crippen LogP contribution in [-0.4, -0.2) is 61.1 Å². The van der Waals surface area contributed by atoms with Gasteiger partial charge in [0.2, 0.25) is 0 Å². The van der Waals surface area contributed by atoms with E-state index in [1.54, 1.807) is 0 Å². The molecule has 2 rings (SSSR count). The van der Waals surface area contributed by atoms with Gasteiger partial charge in [-0.3, -0.25) is 14.3 Å². The molecule has 9 nitrogen and oxygen atoms in total. The number of ether oxygens (including phenoxy) is 1. The Morgan fingerprint density at radius 3 is 2.06 bits per heavy atom. The molecule has 34 heavy (non-hydrogen) atoms. The second-order valence-corrected chi connectivity index (χ2v) is 19.2. The van der Waals surface area contributed by atoms with Crippen molar-refractivity contribution >= 4 is 17.1 Å². The highest BCUT2D eigenvalue weighted by atomic mass is 28.5. The van der Waals surface area contributed by atoms with E-state index >= 15 is 4.39 Å². The first kappa shape index (κ1) is 29.1. The summed E-state index contributed by atoms with van der Waals surface area (Å²) < 4.78 is 36.5. The molecular formula is C22H41FN2O7Si2. The summed E-state index contributed by atoms with van der Waals surface area (Å²) in [5.41, 5.74) is -4.26. The van der Waals surface area contributed by atoms with Crippen molar-refractivity contribution in [2.45, 2.75) is 109 Å². The maximum atomic E-state index is 16.5. The van der Waals surface area contributed by atoms with Crippen LogP contribution in [0.5, 0.6) is 0 Å². The summed E-state index contributed by atoms with van der Waals surface area (Å²) in [7, 11) is -6.64. The Kier molecular flexibility index (Phi) is 8.94. The van der Waals surface area contributed by atoms with Crippen molar-refractivity contribution in [1.29, 1.82) is 0 Å². The molecule has 0 saturated carbocycles. The van der Waals surface area contributed by atoms with Gasteiger partial charge in [-0.05, 0) is 29.1 Å². The molecule has 3 N–H and O–H groups in total. The highest BCUT2D eigenvalue weighted by molar-refractivity contribution is 6.83. The number of hydrogen-bond acceptors (Lipinski definition) is 7. The third-order valence-corrected chi connectivity index (χ3v) is 16.6. The summed E-state index contributed by atoms with van der Waals surface area (Å²) >= 11 is 0. The summed E-state index contributed by atoms with van der Waals surface area (Å²) in [5, 5.41) is 10.0. The van der Waals surface area contributed by atoms with Crippen LogP contribution in [0, 0.1) is 0 Å². The van der Waals surface area contributed by atoms with Crippen molar-refractivity contribution in [2.75, 3.05) is 6.61 Å². The number of alkyl halides is 1. The molecule has 4 atom stereocenters. The first-order valence-corrected chi connectivity index (χ1v) is 15.9. The quantitative estimate of drug-likeness (QED) is 0.405. The van der Waals surface area contributed by atoms with Crippen molar-refractivity contribution in [3.05, 3.63) is 33.1 Å². The van der Waals surface area contributed by atoms with Gasteiger partial charge in [-0.15, -0.1) is 0 Å². The number of aromatic nitrogens is 2. The van der Waals surface area contributed by atoms with Gasteiger partial charge in [0.25, 0.3) is 5.56 Å². The van der Waals surface area contributed by atoms with Crippen LogP contribution in [0.15, 0.2) is 21.9 Å². The molecular weight excluding hydrogens is 479 g/mol. The van der Waals surface area contributed by atoms with Crippen molar-refractivity contribution in [2.24, 2.45) is 0 Å². The van der Waals surface area contributed by atoms with Crippen LogP contribution in [-0.2, 0) is 13.3 Å². The molecule has 0 amide bonds. The second kappa shape index (κ2) is 10.4. The van der Waals surface area contributed by atoms with E-state index in [0.717, 1.165) is 16.8 Å². The van der Waals surface area contributed by atoms with Gasteiger partial charge in [-0.1, -0.05) is 55.4 Å². The molecule has 1 aromatic rings. The van der Waals surface area contributed by atoms with Crippen molar-refractivity contribution in [3.8, 4) is 0 Å². The Morgan fingerprint density at radius 1 is 1.12 bits per heavy atom. The fraction of sp³-hybridized carbons (Fsp3) is 0.818. The Hall–Kier alpha value is -1.16. The average molecular weight is 521 g/mol. The fourth-order valence-electron chi connectivity index (χ4n) is 4.71. The molecule has 1 aliphatic heterocycles. The Bertz CT molecular complexity index is 932. The van der Waals surface area contributed by atoms with Gasteiger partial charge in [0.1, 0.15) is 12.2 Å². The summed E-state index contributed by atoms with van der Waals surface area (Å²) in [6.07, 6.45) is -2.62. The molecule has 1 saturated heterocycles. The molecule has 0 unspecified atom stereocenters. The van der Waals surface area contributed by atoms with Crippen LogP contribution in [0.4, 0.5) is 4.39 Å². The normalized spacial score (nSPS) is 26.4. The topological polar surface area (TPSA) is 123 Å². The molecule has 0 aromatic carbocycles. The zero-order valence-electron chi connectivity index (χ0n) is 21.7. The second-order valence-electron chi connectivity index (χ2n) is 10.6. The van der Waals surface area contributed by atoms with Crippen LogP contribution in [0.25, 0.3) is 0 Å². The number of aromatic amines is 1. The number of nitrogens with zero attached hydrogens (tertiary/aromatic N) is 1. The lowest BCUT2D eigenvalue weighted by Gasteiger charge is -2.48. The molecule has 12 heteroatoms. The van der Waals surface area contributed by atoms with E-state index in [0.29, 0.717) is 0 Å². The predicted octanol–water partition coefficient (Wildman–Crippen LogP) is 3.07. The van der Waals surface area contributed by atoms with Gasteiger partial charge in [0.05, 0.1) is 6.61 Å². The number of nitrogens with one attached hydrogen (secondary N) is 1. The lowest BCUT2D eigenvalue weighted by Crippen LogP contribution is -2.63. The lowest BCUT2D eigenvalue weighted by molar-refractivity contribution is -0.0611. The van der Waals surface area contributed by atoms with Gasteiger partial charge >= 0.3 is 22.8 Å². The first-order chi connectivity index (χ1) is 15.5. The van der Waals surface area contributed by atoms with Crippen LogP contribution in [0.2, 0.25) is 22.2 Å². The Morgan fingerprint density at radius 2 is 1.65 bits per heavy atom. The Labute approximate surface area is 202 Å². The number of hydrogen-bond donors (Lipinski definition) is 3. The molecule has 0 radical (unpaired) electrons. The smallest absolute Gasteiger partial charge is 0.335 e. The van der Waals surface area contributed by atoms with E-state index < -0.39 is 59.1 Å². The standard InChI is InChI=1S/C22H41FN2O7Si2/c1-13(2)33(29,14(3)4)32-34(15(5)6,16(7)8)31-19-17(12-26)30-20(22(19,9)23)25-11-10-18(27)24-21(25)28/h10-11,13-17,19-20,26,29H,12H2,1-9H3,(H,24,27,28)/t17-,19-,20-,22-/m1/s1. The average Bonchev–Trinajstić information content (AvgIpc) is 2.96. The van der Waals surface area contributed by atoms with E-state index in [1.807, 2.05) is 55.4 Å². The van der Waals surface area contributed by atoms with E-state index in [-0.39, 0.29) is 22.2 Å². The molecule has 196 valence electrons. The van der Waals surface area contributed by atoms with Gasteiger partial charge < -0.3 is 23.2 Å². The zero-order valence-corrected chi connectivity index (χ0v) is 23.7. The van der Waals surface area contributed by atoms with Crippen LogP contribution >= 0.6 is 0 Å². The minimum Gasteiger partial charge on any atom is -0.414 e. The summed E-state index contributed by atoms with van der Waals surface area (Å²) in [5.74, 6) is 0. The van der Waals surface area contributed by atoms with Crippen LogP contribution < -0.4 is 11.2 Å². The summed E-state index contributed by atoms with van der Waals surface area (Å²) in [6, 6.07) is 1.10. The largest absolute Gasteiger partial charge is 0.414 e. The van der Waals surface area contributed by atoms with E-state index in [1.165, 1.54) is 6.92 Å². The highest BCUT2D eigenvalue weighted by Gasteiger charge is 2.62. The van der Waals surface area contributed by atoms with Crippen molar-refractivity contribution in [1.82, 2.24) is 9.55 Å². The fourth-order valence-corrected chi connectivity index (χ4v) is 14.7. The minimum atomic E-state index is -3.34. The summed E-state index contributed by atoms with van der Waals surface area (Å²) in [4.78, 5) is 37.6. The molecule has 1 aliphatic rings. The van der Waals surface area contributed by atoms with Crippen LogP contribution in [0.3, 0.4) is 0 Å². The van der Waals surface area contributed by atoms with Crippen molar-refractivity contribution < 1.29 is 27.6 Å². The number of rotatable bonds is 10. The molecule has 0 aliphatic carbocycles. The van der Waals surface area contributed by atoms with Gasteiger partial charge in [0.15, 0.2) is 11.9 Å². The maximum Gasteiger partial charge on any atom is 0.335 e. The van der Waals surface area contributed by atoms with Gasteiger partial charge in [-0.2, -0.15) is 0 Å². The molecule has 0 spiro atoms. The van der Waals surface area contributed by atoms with E-state index in [2.05, 4.69) is 4.98 Å². The summed E-state index contributed by atoms with van der Waals surface area (Å²) in [6.45, 7) is 16.1. The molecule has 1 aromatic heterocycles. The molecule has 1 fully saturated rings. The number of halogens is 1. The zero-order chi connectivity index (χ0) is 26.2. The third-order valence-electron chi connectivity index (χ3n) is 6.86. The minimum absolute atomic E-state index is 0.127. The van der Waals surface area contributed by atoms with E-state index in [9.17, 15) is 19.5 Å². The highest BCUT2D eigenvalue weighted by Crippen LogP contribution is 2.48. The SMILES string of the molecule is CC(C)[Si](O)(O[Si](O[C@@H]1[C@@H](CO)O[C@@H](n2ccc(=O)[nH]c2=O)[C@]1(C)F)(C(C)C)C(C)C)C(C)C. The number of aliphatic hydroxyl groups excluding tert-OH is 1. The number of aliphatic hydroxyl groups is 1. The van der Waals surface area contributed by atoms with Crippen LogP contribution in [0.1, 0.15) is 68.5 Å². The maximum absolute atomic E-state index is 16.5. The Balaban J connectivity index is 2.58. The third kappa shape index (κ3) is 5.18. The number of H-pyrrole nitrogens is 1.